The second-order valence-corrected chi connectivity index (χ2v) is 8.42. The molecule has 0 radical (unpaired) electrons. The Hall–Kier alpha value is -1.07. The van der Waals surface area contributed by atoms with E-state index >= 15 is 0 Å². The summed E-state index contributed by atoms with van der Waals surface area (Å²) in [5.74, 6) is 0. The average Bonchev–Trinajstić information content (AvgIpc) is 2.96. The molecule has 2 aliphatic rings. The second kappa shape index (κ2) is 5.85. The highest BCUT2D eigenvalue weighted by molar-refractivity contribution is 7.07. The van der Waals surface area contributed by atoms with Crippen molar-refractivity contribution in [3.8, 4) is 0 Å². The summed E-state index contributed by atoms with van der Waals surface area (Å²) >= 11 is 1.75. The largest absolute Gasteiger partial charge is 0.465 e. The van der Waals surface area contributed by atoms with Gasteiger partial charge in [0.1, 0.15) is 0 Å². The first-order valence-corrected chi connectivity index (χ1v) is 9.09. The van der Waals surface area contributed by atoms with Crippen LogP contribution >= 0.6 is 11.3 Å². The van der Waals surface area contributed by atoms with Gasteiger partial charge >= 0.3 is 6.09 Å². The number of fused-ring (bicyclic) bond motifs is 2. The minimum Gasteiger partial charge on any atom is -0.465 e. The first kappa shape index (κ1) is 15.8. The van der Waals surface area contributed by atoms with Gasteiger partial charge in [0.2, 0.25) is 0 Å². The molecule has 1 aromatic rings. The number of hydrogen-bond donors (Lipinski definition) is 1. The monoisotopic (exact) mass is 322 g/mol. The Morgan fingerprint density at radius 2 is 2.00 bits per heavy atom. The van der Waals surface area contributed by atoms with E-state index in [0.29, 0.717) is 12.1 Å². The number of carbonyl (C=O) groups is 1. The maximum atomic E-state index is 11.7. The van der Waals surface area contributed by atoms with E-state index in [4.69, 9.17) is 0 Å². The summed E-state index contributed by atoms with van der Waals surface area (Å²) in [6, 6.07) is 3.43. The van der Waals surface area contributed by atoms with Gasteiger partial charge in [-0.2, -0.15) is 11.3 Å². The molecule has 0 spiro atoms. The van der Waals surface area contributed by atoms with Crippen LogP contribution in [0.1, 0.15) is 52.0 Å². The van der Waals surface area contributed by atoms with Crippen molar-refractivity contribution >= 4 is 17.4 Å². The van der Waals surface area contributed by atoms with Crippen LogP contribution in [0, 0.1) is 0 Å². The fourth-order valence-corrected chi connectivity index (χ4v) is 4.96. The summed E-state index contributed by atoms with van der Waals surface area (Å²) in [5.41, 5.74) is 1.07. The van der Waals surface area contributed by atoms with Gasteiger partial charge in [0.25, 0.3) is 0 Å². The highest BCUT2D eigenvalue weighted by Gasteiger charge is 2.45. The van der Waals surface area contributed by atoms with E-state index < -0.39 is 6.09 Å². The molecule has 0 saturated carbocycles. The highest BCUT2D eigenvalue weighted by atomic mass is 32.1. The molecule has 3 rings (SSSR count). The fraction of sp³-hybridized carbons (Fsp3) is 0.706. The smallest absolute Gasteiger partial charge is 0.407 e. The van der Waals surface area contributed by atoms with Crippen molar-refractivity contribution in [1.29, 1.82) is 0 Å². The molecule has 2 bridgehead atoms. The summed E-state index contributed by atoms with van der Waals surface area (Å²) in [6.45, 7) is 7.02. The third-order valence-electron chi connectivity index (χ3n) is 5.10. The van der Waals surface area contributed by atoms with Gasteiger partial charge in [-0.3, -0.25) is 4.90 Å². The van der Waals surface area contributed by atoms with Gasteiger partial charge in [-0.1, -0.05) is 0 Å². The van der Waals surface area contributed by atoms with Crippen molar-refractivity contribution in [2.24, 2.45) is 0 Å². The molecule has 2 aliphatic heterocycles. The number of rotatable bonds is 3. The van der Waals surface area contributed by atoms with Crippen LogP contribution in [-0.4, -0.2) is 44.7 Å². The molecule has 1 N–H and O–H groups in total. The average molecular weight is 322 g/mol. The summed E-state index contributed by atoms with van der Waals surface area (Å²) in [6.07, 6.45) is 3.60. The van der Waals surface area contributed by atoms with Gasteiger partial charge in [-0.25, -0.2) is 4.79 Å². The minimum absolute atomic E-state index is 0.161. The molecule has 4 nitrogen and oxygen atoms in total. The van der Waals surface area contributed by atoms with Crippen molar-refractivity contribution in [3.63, 3.8) is 0 Å². The van der Waals surface area contributed by atoms with E-state index in [1.54, 1.807) is 16.2 Å². The number of piperidine rings is 1. The highest BCUT2D eigenvalue weighted by Crippen LogP contribution is 2.40. The molecule has 0 aromatic carbocycles. The van der Waals surface area contributed by atoms with Crippen molar-refractivity contribution in [2.75, 3.05) is 0 Å². The molecule has 2 atom stereocenters. The van der Waals surface area contributed by atoms with Gasteiger partial charge in [-0.05, 0) is 68.8 Å². The lowest BCUT2D eigenvalue weighted by atomic mass is 9.92. The Kier molecular flexibility index (Phi) is 4.21. The van der Waals surface area contributed by atoms with Crippen LogP contribution in [0.3, 0.4) is 0 Å². The fourth-order valence-electron chi connectivity index (χ4n) is 4.30. The SMILES string of the molecule is CC(C)(C)N(C(=O)O)C1CC2CCC(C1)N2Cc1ccsc1. The number of carboxylic acid groups (broad SMARTS) is 1. The van der Waals surface area contributed by atoms with Gasteiger partial charge in [0.05, 0.1) is 0 Å². The van der Waals surface area contributed by atoms with E-state index in [2.05, 4.69) is 21.7 Å². The molecule has 122 valence electrons. The summed E-state index contributed by atoms with van der Waals surface area (Å²) < 4.78 is 0. The van der Waals surface area contributed by atoms with Crippen molar-refractivity contribution < 1.29 is 9.90 Å². The third kappa shape index (κ3) is 3.01. The molecule has 1 aromatic heterocycles. The van der Waals surface area contributed by atoms with Crippen LogP contribution in [0.15, 0.2) is 16.8 Å². The Balaban J connectivity index is 1.72. The van der Waals surface area contributed by atoms with Crippen LogP contribution in [0.2, 0.25) is 0 Å². The molecule has 0 aliphatic carbocycles. The molecule has 5 heteroatoms. The molecule has 2 saturated heterocycles. The number of thiophene rings is 1. The predicted molar refractivity (Wildman–Crippen MR) is 89.3 cm³/mol. The molecule has 22 heavy (non-hydrogen) atoms. The molecule has 2 unspecified atom stereocenters. The van der Waals surface area contributed by atoms with E-state index in [1.807, 2.05) is 20.8 Å². The second-order valence-electron chi connectivity index (χ2n) is 7.64. The summed E-state index contributed by atoms with van der Waals surface area (Å²) in [7, 11) is 0. The minimum atomic E-state index is -0.775. The lowest BCUT2D eigenvalue weighted by Crippen LogP contribution is -2.57. The standard InChI is InChI=1S/C17H26N2O2S/c1-17(2,3)19(16(20)21)15-8-13-4-5-14(9-15)18(13)10-12-6-7-22-11-12/h6-7,11,13-15H,4-5,8-10H2,1-3H3,(H,20,21). The van der Waals surface area contributed by atoms with E-state index in [-0.39, 0.29) is 11.6 Å². The number of nitrogens with zero attached hydrogens (tertiary/aromatic N) is 2. The lowest BCUT2D eigenvalue weighted by molar-refractivity contribution is 0.0163. The zero-order valence-electron chi connectivity index (χ0n) is 13.7. The molecular weight excluding hydrogens is 296 g/mol. The Morgan fingerprint density at radius 3 is 2.45 bits per heavy atom. The Bertz CT molecular complexity index is 509. The summed E-state index contributed by atoms with van der Waals surface area (Å²) in [4.78, 5) is 16.0. The molecule has 1 amide bonds. The van der Waals surface area contributed by atoms with Gasteiger partial charge < -0.3 is 10.0 Å². The van der Waals surface area contributed by atoms with Gasteiger partial charge in [0, 0.05) is 30.2 Å². The molecule has 3 heterocycles. The zero-order valence-corrected chi connectivity index (χ0v) is 14.5. The molecule has 2 fully saturated rings. The molecular formula is C17H26N2O2S. The maximum absolute atomic E-state index is 11.7. The number of hydrogen-bond acceptors (Lipinski definition) is 3. The topological polar surface area (TPSA) is 43.8 Å². The Labute approximate surface area is 136 Å². The van der Waals surface area contributed by atoms with E-state index in [0.717, 1.165) is 19.4 Å². The maximum Gasteiger partial charge on any atom is 0.407 e. The zero-order chi connectivity index (χ0) is 15.9. The normalized spacial score (nSPS) is 28.8. The third-order valence-corrected chi connectivity index (χ3v) is 5.83. The number of amides is 1. The predicted octanol–water partition coefficient (Wildman–Crippen LogP) is 4.02. The first-order valence-electron chi connectivity index (χ1n) is 8.15. The quantitative estimate of drug-likeness (QED) is 0.914. The van der Waals surface area contributed by atoms with Crippen molar-refractivity contribution in [1.82, 2.24) is 9.80 Å². The van der Waals surface area contributed by atoms with Crippen molar-refractivity contribution in [3.05, 3.63) is 22.4 Å². The van der Waals surface area contributed by atoms with E-state index in [1.165, 1.54) is 18.4 Å². The lowest BCUT2D eigenvalue weighted by Gasteiger charge is -2.46. The van der Waals surface area contributed by atoms with Crippen LogP contribution in [0.25, 0.3) is 0 Å². The summed E-state index contributed by atoms with van der Waals surface area (Å²) in [5, 5.41) is 14.0. The van der Waals surface area contributed by atoms with Crippen LogP contribution in [0.4, 0.5) is 4.79 Å². The van der Waals surface area contributed by atoms with Crippen LogP contribution < -0.4 is 0 Å². The first-order chi connectivity index (χ1) is 10.4. The van der Waals surface area contributed by atoms with Gasteiger partial charge in [-0.15, -0.1) is 0 Å². The van der Waals surface area contributed by atoms with Crippen molar-refractivity contribution in [2.45, 2.75) is 76.7 Å². The van der Waals surface area contributed by atoms with Gasteiger partial charge in [0.15, 0.2) is 0 Å². The van der Waals surface area contributed by atoms with Crippen LogP contribution in [-0.2, 0) is 6.54 Å². The van der Waals surface area contributed by atoms with E-state index in [9.17, 15) is 9.90 Å². The van der Waals surface area contributed by atoms with Crippen LogP contribution in [0.5, 0.6) is 0 Å². The Morgan fingerprint density at radius 1 is 1.36 bits per heavy atom.